The second kappa shape index (κ2) is 6.70. The van der Waals surface area contributed by atoms with E-state index < -0.39 is 0 Å². The lowest BCUT2D eigenvalue weighted by molar-refractivity contribution is 0.102. The van der Waals surface area contributed by atoms with Crippen molar-refractivity contribution in [3.63, 3.8) is 0 Å². The largest absolute Gasteiger partial charge is 0.306 e. The number of aromatic nitrogens is 4. The molecule has 0 radical (unpaired) electrons. The highest BCUT2D eigenvalue weighted by Crippen LogP contribution is 2.21. The van der Waals surface area contributed by atoms with Crippen molar-refractivity contribution in [2.45, 2.75) is 26.2 Å². The first-order valence-electron chi connectivity index (χ1n) is 9.58. The SMILES string of the molecule is Cc1cc(NC(=O)c2ccc3ccccc3c2)n(-c2nc3c(c(=O)[nH]2)CCC3)n1. The summed E-state index contributed by atoms with van der Waals surface area (Å²) in [5, 5.41) is 9.38. The maximum absolute atomic E-state index is 12.9. The van der Waals surface area contributed by atoms with Gasteiger partial charge >= 0.3 is 0 Å². The topological polar surface area (TPSA) is 92.7 Å². The van der Waals surface area contributed by atoms with E-state index in [-0.39, 0.29) is 11.5 Å². The molecule has 2 aromatic heterocycles. The molecule has 0 spiro atoms. The van der Waals surface area contributed by atoms with Gasteiger partial charge in [-0.05, 0) is 49.1 Å². The molecule has 0 saturated carbocycles. The number of hydrogen-bond donors (Lipinski definition) is 2. The van der Waals surface area contributed by atoms with E-state index in [1.165, 1.54) is 4.68 Å². The number of fused-ring (bicyclic) bond motifs is 2. The molecule has 7 heteroatoms. The Balaban J connectivity index is 1.50. The number of aromatic amines is 1. The van der Waals surface area contributed by atoms with Crippen molar-refractivity contribution in [1.82, 2.24) is 19.7 Å². The molecule has 4 aromatic rings. The van der Waals surface area contributed by atoms with Crippen LogP contribution in [0.4, 0.5) is 5.82 Å². The van der Waals surface area contributed by atoms with Crippen LogP contribution in [0.25, 0.3) is 16.7 Å². The van der Waals surface area contributed by atoms with Crippen LogP contribution in [0.2, 0.25) is 0 Å². The molecule has 0 bridgehead atoms. The Hall–Kier alpha value is -3.74. The van der Waals surface area contributed by atoms with Crippen LogP contribution in [0.5, 0.6) is 0 Å². The van der Waals surface area contributed by atoms with E-state index in [1.807, 2.05) is 43.3 Å². The van der Waals surface area contributed by atoms with Crippen LogP contribution in [0.3, 0.4) is 0 Å². The van der Waals surface area contributed by atoms with E-state index >= 15 is 0 Å². The third-order valence-electron chi connectivity index (χ3n) is 5.21. The average molecular weight is 385 g/mol. The molecule has 0 saturated heterocycles. The molecule has 2 N–H and O–H groups in total. The van der Waals surface area contributed by atoms with Gasteiger partial charge in [-0.1, -0.05) is 30.3 Å². The summed E-state index contributed by atoms with van der Waals surface area (Å²) < 4.78 is 1.48. The summed E-state index contributed by atoms with van der Waals surface area (Å²) in [6, 6.07) is 15.2. The molecule has 1 amide bonds. The summed E-state index contributed by atoms with van der Waals surface area (Å²) >= 11 is 0. The maximum atomic E-state index is 12.9. The van der Waals surface area contributed by atoms with Gasteiger partial charge < -0.3 is 5.32 Å². The minimum atomic E-state index is -0.250. The van der Waals surface area contributed by atoms with Crippen LogP contribution in [0, 0.1) is 6.92 Å². The monoisotopic (exact) mass is 385 g/mol. The quantitative estimate of drug-likeness (QED) is 0.567. The number of nitrogens with zero attached hydrogens (tertiary/aromatic N) is 3. The number of carbonyl (C=O) groups is 1. The highest BCUT2D eigenvalue weighted by Gasteiger charge is 2.20. The fourth-order valence-electron chi connectivity index (χ4n) is 3.80. The van der Waals surface area contributed by atoms with Crippen molar-refractivity contribution in [3.05, 3.63) is 81.4 Å². The summed E-state index contributed by atoms with van der Waals surface area (Å²) in [6.07, 6.45) is 2.46. The second-order valence-corrected chi connectivity index (χ2v) is 7.27. The van der Waals surface area contributed by atoms with Crippen molar-refractivity contribution in [2.24, 2.45) is 0 Å². The number of rotatable bonds is 3. The first-order valence-corrected chi connectivity index (χ1v) is 9.58. The lowest BCUT2D eigenvalue weighted by Crippen LogP contribution is -2.21. The minimum Gasteiger partial charge on any atom is -0.306 e. The number of benzene rings is 2. The highest BCUT2D eigenvalue weighted by molar-refractivity contribution is 6.06. The van der Waals surface area contributed by atoms with Crippen LogP contribution in [-0.4, -0.2) is 25.7 Å². The third-order valence-corrected chi connectivity index (χ3v) is 5.21. The minimum absolute atomic E-state index is 0.137. The van der Waals surface area contributed by atoms with Crippen LogP contribution in [-0.2, 0) is 12.8 Å². The number of nitrogens with one attached hydrogen (secondary N) is 2. The zero-order valence-electron chi connectivity index (χ0n) is 15.9. The van der Waals surface area contributed by atoms with Crippen molar-refractivity contribution in [1.29, 1.82) is 0 Å². The van der Waals surface area contributed by atoms with E-state index in [2.05, 4.69) is 20.4 Å². The van der Waals surface area contributed by atoms with Gasteiger partial charge in [-0.2, -0.15) is 9.78 Å². The van der Waals surface area contributed by atoms with E-state index in [1.54, 1.807) is 12.1 Å². The Bertz CT molecular complexity index is 1320. The van der Waals surface area contributed by atoms with Crippen molar-refractivity contribution in [3.8, 4) is 5.95 Å². The predicted octanol–water partition coefficient (Wildman–Crippen LogP) is 3.16. The smallest absolute Gasteiger partial charge is 0.256 e. The van der Waals surface area contributed by atoms with E-state index in [4.69, 9.17) is 0 Å². The number of anilines is 1. The molecule has 0 unspecified atom stereocenters. The van der Waals surface area contributed by atoms with Crippen LogP contribution in [0.1, 0.15) is 33.7 Å². The zero-order valence-corrected chi connectivity index (χ0v) is 15.9. The average Bonchev–Trinajstić information content (AvgIpc) is 3.34. The molecule has 2 heterocycles. The van der Waals surface area contributed by atoms with Crippen molar-refractivity contribution >= 4 is 22.5 Å². The molecule has 1 aliphatic carbocycles. The number of aryl methyl sites for hydroxylation is 2. The molecule has 0 fully saturated rings. The van der Waals surface area contributed by atoms with Crippen molar-refractivity contribution in [2.75, 3.05) is 5.32 Å². The fraction of sp³-hybridized carbons (Fsp3) is 0.182. The fourth-order valence-corrected chi connectivity index (χ4v) is 3.80. The van der Waals surface area contributed by atoms with Gasteiger partial charge in [0.2, 0.25) is 5.95 Å². The lowest BCUT2D eigenvalue weighted by Gasteiger charge is -2.10. The van der Waals surface area contributed by atoms with Gasteiger partial charge in [0, 0.05) is 17.2 Å². The van der Waals surface area contributed by atoms with E-state index in [0.29, 0.717) is 23.0 Å². The Labute approximate surface area is 166 Å². The summed E-state index contributed by atoms with van der Waals surface area (Å²) in [7, 11) is 0. The normalized spacial score (nSPS) is 12.9. The predicted molar refractivity (Wildman–Crippen MR) is 111 cm³/mol. The molecule has 0 atom stereocenters. The third kappa shape index (κ3) is 3.10. The molecule has 29 heavy (non-hydrogen) atoms. The van der Waals surface area contributed by atoms with Crippen LogP contribution in [0.15, 0.2) is 53.3 Å². The number of hydrogen-bond acceptors (Lipinski definition) is 4. The van der Waals surface area contributed by atoms with Crippen LogP contribution >= 0.6 is 0 Å². The molecule has 144 valence electrons. The molecule has 5 rings (SSSR count). The summed E-state index contributed by atoms with van der Waals surface area (Å²) in [5.41, 5.74) is 2.68. The summed E-state index contributed by atoms with van der Waals surface area (Å²) in [4.78, 5) is 32.6. The number of H-pyrrole nitrogens is 1. The summed E-state index contributed by atoms with van der Waals surface area (Å²) in [6.45, 7) is 1.83. The molecule has 7 nitrogen and oxygen atoms in total. The second-order valence-electron chi connectivity index (χ2n) is 7.27. The molecular formula is C22H19N5O2. The number of amides is 1. The van der Waals surface area contributed by atoms with Gasteiger partial charge in [0.25, 0.3) is 11.5 Å². The van der Waals surface area contributed by atoms with Gasteiger partial charge in [-0.3, -0.25) is 14.6 Å². The van der Waals surface area contributed by atoms with Gasteiger partial charge in [0.1, 0.15) is 5.82 Å². The van der Waals surface area contributed by atoms with Gasteiger partial charge in [0.15, 0.2) is 0 Å². The van der Waals surface area contributed by atoms with E-state index in [0.717, 1.165) is 41.3 Å². The standard InChI is InChI=1S/C22H19N5O2/c1-13-11-19(24-20(28)16-10-9-14-5-2-3-6-15(14)12-16)27(26-13)22-23-18-8-4-7-17(18)21(29)25-22/h2-3,5-6,9-12H,4,7-8H2,1H3,(H,24,28)(H,23,25,29). The lowest BCUT2D eigenvalue weighted by atomic mass is 10.1. The maximum Gasteiger partial charge on any atom is 0.256 e. The first kappa shape index (κ1) is 17.4. The zero-order chi connectivity index (χ0) is 20.0. The molecule has 1 aliphatic rings. The Morgan fingerprint density at radius 1 is 1.10 bits per heavy atom. The van der Waals surface area contributed by atoms with Gasteiger partial charge in [-0.25, -0.2) is 4.98 Å². The number of carbonyl (C=O) groups excluding carboxylic acids is 1. The van der Waals surface area contributed by atoms with Gasteiger partial charge in [0.05, 0.1) is 11.4 Å². The Morgan fingerprint density at radius 3 is 2.79 bits per heavy atom. The highest BCUT2D eigenvalue weighted by atomic mass is 16.2. The van der Waals surface area contributed by atoms with E-state index in [9.17, 15) is 9.59 Å². The summed E-state index contributed by atoms with van der Waals surface area (Å²) in [5.74, 6) is 0.528. The molecular weight excluding hydrogens is 366 g/mol. The Kier molecular flexibility index (Phi) is 4.01. The first-order chi connectivity index (χ1) is 14.1. The van der Waals surface area contributed by atoms with Gasteiger partial charge in [-0.15, -0.1) is 0 Å². The molecule has 0 aliphatic heterocycles. The van der Waals surface area contributed by atoms with Crippen LogP contribution < -0.4 is 10.9 Å². The molecule has 2 aromatic carbocycles. The van der Waals surface area contributed by atoms with Crippen molar-refractivity contribution < 1.29 is 4.79 Å². The Morgan fingerprint density at radius 2 is 1.93 bits per heavy atom.